The largest absolute Gasteiger partial charge is 0.440 e. The first-order valence-corrected chi connectivity index (χ1v) is 11.4. The molecule has 0 radical (unpaired) electrons. The second-order valence-electron chi connectivity index (χ2n) is 8.70. The molecule has 5 rings (SSSR count). The van der Waals surface area contributed by atoms with Gasteiger partial charge in [0, 0.05) is 37.8 Å². The number of likely N-dealkylation sites (tertiary alicyclic amines) is 2. The number of oxazole rings is 1. The maximum absolute atomic E-state index is 13.2. The topological polar surface area (TPSA) is 78.7 Å². The summed E-state index contributed by atoms with van der Waals surface area (Å²) < 4.78 is 5.94. The molecule has 0 bridgehead atoms. The van der Waals surface area contributed by atoms with Crippen LogP contribution < -0.4 is 5.32 Å². The Morgan fingerprint density at radius 1 is 0.906 bits per heavy atom. The van der Waals surface area contributed by atoms with Crippen LogP contribution in [0.25, 0.3) is 11.1 Å². The van der Waals surface area contributed by atoms with Crippen molar-refractivity contribution >= 4 is 28.7 Å². The van der Waals surface area contributed by atoms with Crippen LogP contribution in [0.3, 0.4) is 0 Å². The molecule has 166 valence electrons. The number of anilines is 1. The highest BCUT2D eigenvalue weighted by Crippen LogP contribution is 2.31. The van der Waals surface area contributed by atoms with Gasteiger partial charge in [0.1, 0.15) is 5.52 Å². The van der Waals surface area contributed by atoms with Crippen molar-refractivity contribution in [3.8, 4) is 0 Å². The van der Waals surface area contributed by atoms with Crippen LogP contribution in [0.4, 0.5) is 10.5 Å². The predicted octanol–water partition coefficient (Wildman–Crippen LogP) is 4.48. The zero-order valence-electron chi connectivity index (χ0n) is 18.1. The SMILES string of the molecule is O=C(Nc1ccccc1)N1CCCC(C(=O)N2CCC(c3nc4ccccc4o3)CC2)C1. The number of carbonyl (C=O) groups excluding carboxylic acids is 2. The number of urea groups is 1. The van der Waals surface area contributed by atoms with E-state index in [1.807, 2.05) is 59.5 Å². The summed E-state index contributed by atoms with van der Waals surface area (Å²) in [6.45, 7) is 2.56. The Hall–Kier alpha value is -3.35. The number of nitrogens with one attached hydrogen (secondary N) is 1. The minimum absolute atomic E-state index is 0.133. The summed E-state index contributed by atoms with van der Waals surface area (Å²) in [6.07, 6.45) is 3.38. The average molecular weight is 433 g/mol. The third-order valence-electron chi connectivity index (χ3n) is 6.55. The van der Waals surface area contributed by atoms with E-state index in [1.54, 1.807) is 4.90 Å². The van der Waals surface area contributed by atoms with Crippen LogP contribution >= 0.6 is 0 Å². The number of amides is 3. The Kier molecular flexibility index (Phi) is 5.79. The van der Waals surface area contributed by atoms with Crippen LogP contribution in [0.2, 0.25) is 0 Å². The third kappa shape index (κ3) is 4.33. The lowest BCUT2D eigenvalue weighted by molar-refractivity contribution is -0.138. The van der Waals surface area contributed by atoms with Crippen molar-refractivity contribution in [1.29, 1.82) is 0 Å². The van der Waals surface area contributed by atoms with Crippen molar-refractivity contribution < 1.29 is 14.0 Å². The summed E-state index contributed by atoms with van der Waals surface area (Å²) in [7, 11) is 0. The Morgan fingerprint density at radius 3 is 2.44 bits per heavy atom. The van der Waals surface area contributed by atoms with Crippen molar-refractivity contribution in [3.05, 3.63) is 60.5 Å². The number of para-hydroxylation sites is 3. The Balaban J connectivity index is 1.16. The van der Waals surface area contributed by atoms with E-state index in [-0.39, 0.29) is 23.8 Å². The van der Waals surface area contributed by atoms with Crippen molar-refractivity contribution in [2.45, 2.75) is 31.6 Å². The maximum Gasteiger partial charge on any atom is 0.321 e. The second-order valence-corrected chi connectivity index (χ2v) is 8.70. The monoisotopic (exact) mass is 432 g/mol. The fourth-order valence-corrected chi connectivity index (χ4v) is 4.76. The van der Waals surface area contributed by atoms with Gasteiger partial charge in [-0.05, 0) is 49.9 Å². The van der Waals surface area contributed by atoms with Crippen molar-refractivity contribution in [2.24, 2.45) is 5.92 Å². The summed E-state index contributed by atoms with van der Waals surface area (Å²) in [5.41, 5.74) is 2.47. The summed E-state index contributed by atoms with van der Waals surface area (Å²) in [4.78, 5) is 34.2. The minimum atomic E-state index is -0.136. The van der Waals surface area contributed by atoms with E-state index >= 15 is 0 Å². The Morgan fingerprint density at radius 2 is 1.66 bits per heavy atom. The molecule has 2 aliphatic rings. The highest BCUT2D eigenvalue weighted by atomic mass is 16.3. The highest BCUT2D eigenvalue weighted by molar-refractivity contribution is 5.90. The van der Waals surface area contributed by atoms with E-state index in [0.29, 0.717) is 26.2 Å². The Labute approximate surface area is 187 Å². The molecule has 1 N–H and O–H groups in total. The number of fused-ring (bicyclic) bond motifs is 1. The molecule has 2 fully saturated rings. The van der Waals surface area contributed by atoms with Crippen LogP contribution in [0.1, 0.15) is 37.5 Å². The lowest BCUT2D eigenvalue weighted by Gasteiger charge is -2.37. The normalized spacial score (nSPS) is 19.8. The van der Waals surface area contributed by atoms with Gasteiger partial charge >= 0.3 is 6.03 Å². The van der Waals surface area contributed by atoms with Gasteiger partial charge in [-0.25, -0.2) is 9.78 Å². The van der Waals surface area contributed by atoms with Gasteiger partial charge in [-0.3, -0.25) is 4.79 Å². The van der Waals surface area contributed by atoms with Crippen LogP contribution in [0.15, 0.2) is 59.0 Å². The maximum atomic E-state index is 13.2. The van der Waals surface area contributed by atoms with Gasteiger partial charge in [-0.1, -0.05) is 30.3 Å². The average Bonchev–Trinajstić information content (AvgIpc) is 3.29. The molecule has 0 saturated carbocycles. The molecule has 7 nitrogen and oxygen atoms in total. The smallest absolute Gasteiger partial charge is 0.321 e. The Bertz CT molecular complexity index is 1060. The first kappa shape index (κ1) is 20.5. The van der Waals surface area contributed by atoms with E-state index in [2.05, 4.69) is 10.3 Å². The van der Waals surface area contributed by atoms with Gasteiger partial charge in [-0.2, -0.15) is 0 Å². The fourth-order valence-electron chi connectivity index (χ4n) is 4.76. The van der Waals surface area contributed by atoms with Gasteiger partial charge < -0.3 is 19.5 Å². The van der Waals surface area contributed by atoms with Crippen molar-refractivity contribution in [1.82, 2.24) is 14.8 Å². The molecule has 3 aromatic rings. The number of carbonyl (C=O) groups is 2. The van der Waals surface area contributed by atoms with Gasteiger partial charge in [0.2, 0.25) is 5.91 Å². The number of aromatic nitrogens is 1. The zero-order valence-corrected chi connectivity index (χ0v) is 18.1. The summed E-state index contributed by atoms with van der Waals surface area (Å²) >= 11 is 0. The van der Waals surface area contributed by atoms with Crippen LogP contribution in [-0.2, 0) is 4.79 Å². The molecular formula is C25H28N4O3. The molecule has 32 heavy (non-hydrogen) atoms. The van der Waals surface area contributed by atoms with E-state index < -0.39 is 0 Å². The molecule has 2 aliphatic heterocycles. The van der Waals surface area contributed by atoms with Crippen molar-refractivity contribution in [3.63, 3.8) is 0 Å². The molecular weight excluding hydrogens is 404 g/mol. The van der Waals surface area contributed by atoms with E-state index in [1.165, 1.54) is 0 Å². The molecule has 1 aromatic heterocycles. The van der Waals surface area contributed by atoms with Crippen LogP contribution in [0, 0.1) is 5.92 Å². The molecule has 7 heteroatoms. The third-order valence-corrected chi connectivity index (χ3v) is 6.55. The second kappa shape index (κ2) is 9.02. The standard InChI is InChI=1S/C25H28N4O3/c30-24(19-7-6-14-29(17-19)25(31)26-20-8-2-1-3-9-20)28-15-12-18(13-16-28)23-27-21-10-4-5-11-22(21)32-23/h1-5,8-11,18-19H,6-7,12-17H2,(H,26,31). The van der Waals surface area contributed by atoms with Gasteiger partial charge in [0.05, 0.1) is 5.92 Å². The first-order chi connectivity index (χ1) is 15.7. The summed E-state index contributed by atoms with van der Waals surface area (Å²) in [6, 6.07) is 17.1. The molecule has 2 saturated heterocycles. The molecule has 1 atom stereocenters. The number of benzene rings is 2. The molecule has 0 aliphatic carbocycles. The number of piperidine rings is 2. The number of nitrogens with zero attached hydrogens (tertiary/aromatic N) is 3. The molecule has 1 unspecified atom stereocenters. The van der Waals surface area contributed by atoms with Gasteiger partial charge in [0.15, 0.2) is 11.5 Å². The van der Waals surface area contributed by atoms with E-state index in [0.717, 1.165) is 48.4 Å². The molecule has 0 spiro atoms. The zero-order chi connectivity index (χ0) is 21.9. The fraction of sp³-hybridized carbons (Fsp3) is 0.400. The first-order valence-electron chi connectivity index (χ1n) is 11.4. The molecule has 2 aromatic carbocycles. The quantitative estimate of drug-likeness (QED) is 0.662. The van der Waals surface area contributed by atoms with E-state index in [4.69, 9.17) is 4.42 Å². The van der Waals surface area contributed by atoms with Gasteiger partial charge in [0.25, 0.3) is 0 Å². The predicted molar refractivity (Wildman–Crippen MR) is 122 cm³/mol. The van der Waals surface area contributed by atoms with Crippen LogP contribution in [-0.4, -0.2) is 52.9 Å². The number of hydrogen-bond donors (Lipinski definition) is 1. The molecule has 3 heterocycles. The van der Waals surface area contributed by atoms with Gasteiger partial charge in [-0.15, -0.1) is 0 Å². The van der Waals surface area contributed by atoms with E-state index in [9.17, 15) is 9.59 Å². The lowest BCUT2D eigenvalue weighted by atomic mass is 9.93. The summed E-state index contributed by atoms with van der Waals surface area (Å²) in [5.74, 6) is 1.05. The highest BCUT2D eigenvalue weighted by Gasteiger charge is 2.34. The van der Waals surface area contributed by atoms with Crippen LogP contribution in [0.5, 0.6) is 0 Å². The minimum Gasteiger partial charge on any atom is -0.440 e. The van der Waals surface area contributed by atoms with Crippen molar-refractivity contribution in [2.75, 3.05) is 31.5 Å². The summed E-state index contributed by atoms with van der Waals surface area (Å²) in [5, 5.41) is 2.93. The number of rotatable bonds is 3. The molecule has 3 amide bonds. The number of hydrogen-bond acceptors (Lipinski definition) is 4. The lowest BCUT2D eigenvalue weighted by Crippen LogP contribution is -2.49.